The van der Waals surface area contributed by atoms with E-state index < -0.39 is 0 Å². The van der Waals surface area contributed by atoms with Gasteiger partial charge in [-0.05, 0) is 5.92 Å². The van der Waals surface area contributed by atoms with Crippen molar-refractivity contribution in [1.29, 1.82) is 0 Å². The second kappa shape index (κ2) is 4.52. The molecule has 0 N–H and O–H groups in total. The van der Waals surface area contributed by atoms with Crippen LogP contribution in [0.2, 0.25) is 0 Å². The van der Waals surface area contributed by atoms with Crippen LogP contribution in [-0.4, -0.2) is 0 Å². The van der Waals surface area contributed by atoms with E-state index in [2.05, 4.69) is 20.8 Å². The van der Waals surface area contributed by atoms with E-state index in [-0.39, 0.29) is 17.1 Å². The van der Waals surface area contributed by atoms with Gasteiger partial charge in [0.2, 0.25) is 0 Å². The molecule has 0 nitrogen and oxygen atoms in total. The predicted octanol–water partition coefficient (Wildman–Crippen LogP) is 1.66. The van der Waals surface area contributed by atoms with Gasteiger partial charge in [0.1, 0.15) is 0 Å². The van der Waals surface area contributed by atoms with Gasteiger partial charge in [-0.3, -0.25) is 0 Å². The normalized spacial score (nSPS) is 7.20. The van der Waals surface area contributed by atoms with Crippen molar-refractivity contribution in [3.05, 3.63) is 0 Å². The van der Waals surface area contributed by atoms with E-state index in [1.807, 2.05) is 0 Å². The summed E-state index contributed by atoms with van der Waals surface area (Å²) in [5, 5.41) is 0. The van der Waals surface area contributed by atoms with Crippen molar-refractivity contribution in [3.63, 3.8) is 0 Å². The van der Waals surface area contributed by atoms with Crippen molar-refractivity contribution in [3.8, 4) is 0 Å². The summed E-state index contributed by atoms with van der Waals surface area (Å²) in [5.41, 5.74) is 0. The van der Waals surface area contributed by atoms with E-state index in [0.717, 1.165) is 5.92 Å². The summed E-state index contributed by atoms with van der Waals surface area (Å²) in [6.45, 7) is 6.50. The monoisotopic (exact) mass is 121 g/mol. The molecule has 0 fully saturated rings. The molecule has 0 aromatic carbocycles. The van der Waals surface area contributed by atoms with Crippen molar-refractivity contribution in [1.82, 2.24) is 0 Å². The fourth-order valence-electron chi connectivity index (χ4n) is 0. The first-order valence-corrected chi connectivity index (χ1v) is 1.73. The van der Waals surface area contributed by atoms with Crippen LogP contribution >= 0.6 is 0 Å². The van der Waals surface area contributed by atoms with Gasteiger partial charge in [0.05, 0.1) is 0 Å². The van der Waals surface area contributed by atoms with E-state index >= 15 is 0 Å². The van der Waals surface area contributed by atoms with Crippen molar-refractivity contribution in [2.45, 2.75) is 20.8 Å². The van der Waals surface area contributed by atoms with Crippen LogP contribution in [0.15, 0.2) is 0 Å². The maximum absolute atomic E-state index is 2.17. The van der Waals surface area contributed by atoms with Gasteiger partial charge >= 0.3 is 0 Å². The Bertz CT molecular complexity index is 8.36. The van der Waals surface area contributed by atoms with E-state index in [1.54, 1.807) is 0 Å². The molecule has 0 aliphatic carbocycles. The predicted molar refractivity (Wildman–Crippen MR) is 20.5 cm³/mol. The van der Waals surface area contributed by atoms with E-state index in [9.17, 15) is 0 Å². The molecular formula is C4H10Cu. The average molecular weight is 122 g/mol. The number of rotatable bonds is 0. The van der Waals surface area contributed by atoms with Gasteiger partial charge in [0, 0.05) is 17.1 Å². The van der Waals surface area contributed by atoms with Gasteiger partial charge in [-0.15, -0.1) is 0 Å². The van der Waals surface area contributed by atoms with Crippen LogP contribution in [0.5, 0.6) is 0 Å². The third-order valence-corrected chi connectivity index (χ3v) is 0. The van der Waals surface area contributed by atoms with Gasteiger partial charge in [-0.2, -0.15) is 0 Å². The van der Waals surface area contributed by atoms with E-state index in [0.29, 0.717) is 0 Å². The van der Waals surface area contributed by atoms with E-state index in [4.69, 9.17) is 0 Å². The third kappa shape index (κ3) is 106. The Morgan fingerprint density at radius 3 is 1.00 bits per heavy atom. The maximum Gasteiger partial charge on any atom is 0 e. The Morgan fingerprint density at radius 2 is 1.00 bits per heavy atom. The summed E-state index contributed by atoms with van der Waals surface area (Å²) >= 11 is 0. The molecule has 0 saturated carbocycles. The molecule has 0 unspecified atom stereocenters. The molecular weight excluding hydrogens is 112 g/mol. The minimum atomic E-state index is 0. The van der Waals surface area contributed by atoms with Gasteiger partial charge < -0.3 is 0 Å². The molecule has 0 bridgehead atoms. The minimum Gasteiger partial charge on any atom is -0.0630 e. The molecule has 0 aromatic rings. The topological polar surface area (TPSA) is 0 Å². The summed E-state index contributed by atoms with van der Waals surface area (Å²) in [4.78, 5) is 0. The molecule has 1 heteroatoms. The second-order valence-electron chi connectivity index (χ2n) is 1.73. The molecule has 1 radical (unpaired) electrons. The van der Waals surface area contributed by atoms with Crippen LogP contribution in [-0.2, 0) is 17.1 Å². The zero-order valence-corrected chi connectivity index (χ0v) is 4.82. The Labute approximate surface area is 44.4 Å². The minimum absolute atomic E-state index is 0. The first kappa shape index (κ1) is 9.10. The van der Waals surface area contributed by atoms with Gasteiger partial charge in [0.25, 0.3) is 0 Å². The number of hydrogen-bond acceptors (Lipinski definition) is 0. The van der Waals surface area contributed by atoms with Crippen LogP contribution in [0.1, 0.15) is 20.8 Å². The first-order valence-electron chi connectivity index (χ1n) is 1.73. The number of hydrogen-bond donors (Lipinski definition) is 0. The van der Waals surface area contributed by atoms with Gasteiger partial charge in [-0.25, -0.2) is 0 Å². The summed E-state index contributed by atoms with van der Waals surface area (Å²) in [7, 11) is 0. The second-order valence-corrected chi connectivity index (χ2v) is 1.73. The Hall–Kier alpha value is 0.519. The molecule has 0 atom stereocenters. The Balaban J connectivity index is 0. The molecule has 0 heterocycles. The van der Waals surface area contributed by atoms with Gasteiger partial charge in [-0.1, -0.05) is 20.8 Å². The van der Waals surface area contributed by atoms with Crippen molar-refractivity contribution in [2.75, 3.05) is 0 Å². The van der Waals surface area contributed by atoms with Crippen LogP contribution in [0.4, 0.5) is 0 Å². The van der Waals surface area contributed by atoms with Crippen molar-refractivity contribution in [2.24, 2.45) is 5.92 Å². The standard InChI is InChI=1S/C4H10.Cu/c1-4(2)3;/h4H,1-3H3;. The van der Waals surface area contributed by atoms with E-state index in [1.165, 1.54) is 0 Å². The maximum atomic E-state index is 2.17. The van der Waals surface area contributed by atoms with Crippen LogP contribution in [0.3, 0.4) is 0 Å². The fourth-order valence-corrected chi connectivity index (χ4v) is 0. The molecule has 0 aliphatic rings. The SMILES string of the molecule is CC(C)C.[Cu]. The molecule has 37 valence electrons. The summed E-state index contributed by atoms with van der Waals surface area (Å²) in [5.74, 6) is 0.833. The zero-order valence-electron chi connectivity index (χ0n) is 3.88. The summed E-state index contributed by atoms with van der Waals surface area (Å²) in [6.07, 6.45) is 0. The Kier molecular flexibility index (Phi) is 8.23. The molecule has 0 rings (SSSR count). The van der Waals surface area contributed by atoms with Crippen molar-refractivity contribution >= 4 is 0 Å². The molecule has 0 aliphatic heterocycles. The molecule has 5 heavy (non-hydrogen) atoms. The van der Waals surface area contributed by atoms with Crippen LogP contribution in [0.25, 0.3) is 0 Å². The largest absolute Gasteiger partial charge is 0.0630 e. The third-order valence-electron chi connectivity index (χ3n) is 0. The molecule has 0 amide bonds. The Morgan fingerprint density at radius 1 is 1.00 bits per heavy atom. The smallest absolute Gasteiger partial charge is 0 e. The fraction of sp³-hybridized carbons (Fsp3) is 1.00. The summed E-state index contributed by atoms with van der Waals surface area (Å²) < 4.78 is 0. The average Bonchev–Trinajstić information content (AvgIpc) is 0.811. The molecule has 0 saturated heterocycles. The zero-order chi connectivity index (χ0) is 3.58. The van der Waals surface area contributed by atoms with Gasteiger partial charge in [0.15, 0.2) is 0 Å². The van der Waals surface area contributed by atoms with Crippen LogP contribution in [0, 0.1) is 5.92 Å². The van der Waals surface area contributed by atoms with Crippen LogP contribution < -0.4 is 0 Å². The first-order chi connectivity index (χ1) is 1.73. The van der Waals surface area contributed by atoms with Crippen molar-refractivity contribution < 1.29 is 17.1 Å². The quantitative estimate of drug-likeness (QED) is 0.428. The molecule has 0 spiro atoms. The summed E-state index contributed by atoms with van der Waals surface area (Å²) in [6, 6.07) is 0. The molecule has 0 aromatic heterocycles.